The minimum Gasteiger partial charge on any atom is -0.469 e. The second-order valence-corrected chi connectivity index (χ2v) is 1.07. The standard InChI is InChI=1S/C3H5N3O2.HN3/c1-8-3(7)2-5-6-4;1-3-2/h2H2,1H3;1H. The van der Waals surface area contributed by atoms with Crippen molar-refractivity contribution in [3.8, 4) is 0 Å². The lowest BCUT2D eigenvalue weighted by atomic mass is 10.7. The molecule has 0 radical (unpaired) electrons. The van der Waals surface area contributed by atoms with E-state index in [1.54, 1.807) is 4.91 Å². The molecule has 8 nitrogen and oxygen atoms in total. The molecule has 8 heteroatoms. The van der Waals surface area contributed by atoms with Crippen molar-refractivity contribution in [3.63, 3.8) is 0 Å². The van der Waals surface area contributed by atoms with Crippen LogP contribution in [0.2, 0.25) is 0 Å². The summed E-state index contributed by atoms with van der Waals surface area (Å²) in [6.07, 6.45) is 0. The molecular formula is C3H6N6O2. The van der Waals surface area contributed by atoms with Crippen molar-refractivity contribution < 1.29 is 9.53 Å². The van der Waals surface area contributed by atoms with E-state index in [-0.39, 0.29) is 6.54 Å². The van der Waals surface area contributed by atoms with Crippen LogP contribution in [0.1, 0.15) is 0 Å². The van der Waals surface area contributed by atoms with Crippen molar-refractivity contribution in [2.75, 3.05) is 13.7 Å². The van der Waals surface area contributed by atoms with Crippen LogP contribution < -0.4 is 0 Å². The van der Waals surface area contributed by atoms with Crippen molar-refractivity contribution >= 4 is 5.97 Å². The van der Waals surface area contributed by atoms with Crippen LogP contribution >= 0.6 is 0 Å². The maximum absolute atomic E-state index is 10.1. The van der Waals surface area contributed by atoms with Crippen LogP contribution in [0.15, 0.2) is 5.11 Å². The fourth-order valence-electron chi connectivity index (χ4n) is 0.154. The smallest absolute Gasteiger partial charge is 0.311 e. The van der Waals surface area contributed by atoms with E-state index in [4.69, 9.17) is 16.6 Å². The average Bonchev–Trinajstić information content (AvgIpc) is 2.02. The third-order valence-electron chi connectivity index (χ3n) is 0.491. The highest BCUT2D eigenvalue weighted by atomic mass is 16.5. The first-order valence-electron chi connectivity index (χ1n) is 2.31. The van der Waals surface area contributed by atoms with Gasteiger partial charge >= 0.3 is 5.97 Å². The summed E-state index contributed by atoms with van der Waals surface area (Å²) in [6.45, 7) is -0.229. The summed E-state index contributed by atoms with van der Waals surface area (Å²) in [4.78, 5) is 14.2. The van der Waals surface area contributed by atoms with Gasteiger partial charge in [-0.2, -0.15) is 0 Å². The molecule has 0 saturated heterocycles. The predicted octanol–water partition coefficient (Wildman–Crippen LogP) is 1.35. The maximum Gasteiger partial charge on any atom is 0.311 e. The number of carbonyl (C=O) groups is 1. The molecule has 0 saturated carbocycles. The Balaban J connectivity index is 0. The van der Waals surface area contributed by atoms with Gasteiger partial charge in [0.05, 0.1) is 7.11 Å². The molecule has 60 valence electrons. The van der Waals surface area contributed by atoms with E-state index in [1.165, 1.54) is 7.11 Å². The van der Waals surface area contributed by atoms with E-state index in [2.05, 4.69) is 14.8 Å². The molecule has 0 spiro atoms. The van der Waals surface area contributed by atoms with Gasteiger partial charge in [-0.15, -0.1) is 5.53 Å². The number of hydrogen-bond donors (Lipinski definition) is 1. The van der Waals surface area contributed by atoms with E-state index < -0.39 is 5.97 Å². The maximum atomic E-state index is 10.1. The molecular weight excluding hydrogens is 152 g/mol. The van der Waals surface area contributed by atoms with Crippen LogP contribution in [0.4, 0.5) is 0 Å². The second-order valence-electron chi connectivity index (χ2n) is 1.07. The summed E-state index contributed by atoms with van der Waals surface area (Å²) in [6, 6.07) is 0. The van der Waals surface area contributed by atoms with Gasteiger partial charge in [-0.05, 0) is 16.0 Å². The Morgan fingerprint density at radius 1 is 1.73 bits per heavy atom. The molecule has 0 bridgehead atoms. The molecule has 0 unspecified atom stereocenters. The second kappa shape index (κ2) is 11.0. The van der Waals surface area contributed by atoms with Crippen molar-refractivity contribution in [2.24, 2.45) is 5.11 Å². The van der Waals surface area contributed by atoms with E-state index in [1.807, 2.05) is 0 Å². The first-order chi connectivity index (χ1) is 5.22. The van der Waals surface area contributed by atoms with Gasteiger partial charge in [-0.3, -0.25) is 4.79 Å². The van der Waals surface area contributed by atoms with E-state index in [0.717, 1.165) is 0 Å². The number of rotatable bonds is 2. The van der Waals surface area contributed by atoms with Crippen LogP contribution in [0.3, 0.4) is 0 Å². The van der Waals surface area contributed by atoms with Gasteiger partial charge in [0.2, 0.25) is 0 Å². The zero-order valence-electron chi connectivity index (χ0n) is 5.76. The number of azide groups is 1. The van der Waals surface area contributed by atoms with Crippen molar-refractivity contribution in [3.05, 3.63) is 20.9 Å². The van der Waals surface area contributed by atoms with Crippen molar-refractivity contribution in [2.45, 2.75) is 0 Å². The molecule has 0 rings (SSSR count). The van der Waals surface area contributed by atoms with Crippen LogP contribution in [0.25, 0.3) is 20.9 Å². The normalized spacial score (nSPS) is 5.91. The van der Waals surface area contributed by atoms with Crippen LogP contribution in [-0.2, 0) is 9.53 Å². The quantitative estimate of drug-likeness (QED) is 0.280. The monoisotopic (exact) mass is 158 g/mol. The molecule has 0 heterocycles. The summed E-state index contributed by atoms with van der Waals surface area (Å²) in [7, 11) is 1.23. The highest BCUT2D eigenvalue weighted by Crippen LogP contribution is 1.74. The largest absolute Gasteiger partial charge is 0.469 e. The van der Waals surface area contributed by atoms with E-state index >= 15 is 0 Å². The lowest BCUT2D eigenvalue weighted by molar-refractivity contribution is -0.138. The number of nitrogens with one attached hydrogen (secondary N) is 1. The molecule has 0 atom stereocenters. The molecule has 0 fully saturated rings. The van der Waals surface area contributed by atoms with Crippen LogP contribution in [-0.4, -0.2) is 19.6 Å². The number of hydrogen-bond acceptors (Lipinski definition) is 4. The van der Waals surface area contributed by atoms with E-state index in [9.17, 15) is 4.79 Å². The third kappa shape index (κ3) is 17.9. The number of carbonyl (C=O) groups excluding carboxylic acids is 1. The van der Waals surface area contributed by atoms with Gasteiger partial charge in [0.25, 0.3) is 0 Å². The summed E-state index contributed by atoms with van der Waals surface area (Å²) in [5, 5.41) is 2.95. The third-order valence-corrected chi connectivity index (χ3v) is 0.491. The van der Waals surface area contributed by atoms with Crippen molar-refractivity contribution in [1.29, 1.82) is 5.53 Å². The number of esters is 1. The predicted molar refractivity (Wildman–Crippen MR) is 35.5 cm³/mol. The Hall–Kier alpha value is -1.91. The Labute approximate surface area is 61.8 Å². The van der Waals surface area contributed by atoms with Gasteiger partial charge in [0.15, 0.2) is 0 Å². The summed E-state index contributed by atoms with van der Waals surface area (Å²) in [5.74, 6) is -0.525. The first-order valence-corrected chi connectivity index (χ1v) is 2.31. The molecule has 0 aliphatic rings. The first kappa shape index (κ1) is 11.8. The molecule has 0 aromatic rings. The highest BCUT2D eigenvalue weighted by Gasteiger charge is 1.92. The molecule has 0 aromatic carbocycles. The molecule has 11 heavy (non-hydrogen) atoms. The molecule has 0 aliphatic carbocycles. The van der Waals surface area contributed by atoms with Crippen LogP contribution in [0, 0.1) is 5.53 Å². The number of ether oxygens (including phenoxy) is 1. The summed E-state index contributed by atoms with van der Waals surface area (Å²) >= 11 is 0. The zero-order chi connectivity index (χ0) is 9.11. The minimum absolute atomic E-state index is 0.229. The van der Waals surface area contributed by atoms with Gasteiger partial charge in [-0.1, -0.05) is 5.11 Å². The number of methoxy groups -OCH3 is 1. The van der Waals surface area contributed by atoms with Gasteiger partial charge in [0.1, 0.15) is 6.54 Å². The van der Waals surface area contributed by atoms with Gasteiger partial charge in [-0.25, -0.2) is 0 Å². The number of nitrogens with zero attached hydrogens (tertiary/aromatic N) is 5. The minimum atomic E-state index is -0.525. The fourth-order valence-corrected chi connectivity index (χ4v) is 0.154. The molecule has 0 aliphatic heterocycles. The van der Waals surface area contributed by atoms with E-state index in [0.29, 0.717) is 0 Å². The van der Waals surface area contributed by atoms with Crippen LogP contribution in [0.5, 0.6) is 0 Å². The zero-order valence-corrected chi connectivity index (χ0v) is 5.76. The Kier molecular flexibility index (Phi) is 11.8. The lowest BCUT2D eigenvalue weighted by Gasteiger charge is -1.87. The van der Waals surface area contributed by atoms with Gasteiger partial charge in [0, 0.05) is 4.91 Å². The van der Waals surface area contributed by atoms with Crippen molar-refractivity contribution in [1.82, 2.24) is 0 Å². The Morgan fingerprint density at radius 3 is 2.45 bits per heavy atom. The average molecular weight is 158 g/mol. The summed E-state index contributed by atoms with van der Waals surface area (Å²) < 4.78 is 4.15. The Morgan fingerprint density at radius 2 is 2.18 bits per heavy atom. The van der Waals surface area contributed by atoms with Gasteiger partial charge < -0.3 is 4.74 Å². The molecule has 1 N–H and O–H groups in total. The molecule has 0 aromatic heterocycles. The summed E-state index contributed by atoms with van der Waals surface area (Å²) in [5.41, 5.74) is 19.9. The fraction of sp³-hybridized carbons (Fsp3) is 0.667. The topological polar surface area (TPSA) is 135 Å². The highest BCUT2D eigenvalue weighted by molar-refractivity contribution is 5.71. The molecule has 0 amide bonds. The Bertz CT molecular complexity index is 188. The lowest BCUT2D eigenvalue weighted by Crippen LogP contribution is -2.02. The SMILES string of the molecule is COC(=O)CN=[N+]=[N-].[N-]=[N+]=N.